The van der Waals surface area contributed by atoms with Gasteiger partial charge in [-0.05, 0) is 119 Å². The van der Waals surface area contributed by atoms with Crippen LogP contribution in [0.15, 0.2) is 65.7 Å². The van der Waals surface area contributed by atoms with E-state index < -0.39 is 169 Å². The summed E-state index contributed by atoms with van der Waals surface area (Å²) in [6, 6.07) is 4.51. The van der Waals surface area contributed by atoms with E-state index in [0.717, 1.165) is 0 Å². The number of aliphatic imine (C=N–C) groups is 1. The average molecular weight is 1350 g/mol. The molecule has 95 heavy (non-hydrogen) atoms. The number of rotatable bonds is 42. The number of primary amides is 3. The lowest BCUT2D eigenvalue weighted by Crippen LogP contribution is -2.60. The molecule has 2 fully saturated rings. The Morgan fingerprint density at radius 1 is 0.537 bits per heavy atom. The Morgan fingerprint density at radius 3 is 1.51 bits per heavy atom. The number of nitrogens with one attached hydrogen (secondary N) is 8. The number of nitrogens with zero attached hydrogens (tertiary/aromatic N) is 3. The van der Waals surface area contributed by atoms with E-state index in [9.17, 15) is 62.3 Å². The Bertz CT molecular complexity index is 2960. The Hall–Kier alpha value is -8.91. The number of benzene rings is 2. The summed E-state index contributed by atoms with van der Waals surface area (Å²) in [7, 11) is 0. The van der Waals surface area contributed by atoms with Crippen LogP contribution in [0, 0.1) is 5.92 Å². The third kappa shape index (κ3) is 27.5. The van der Waals surface area contributed by atoms with Gasteiger partial charge in [-0.25, -0.2) is 0 Å². The molecule has 2 aromatic rings. The molecule has 13 amide bonds. The first-order valence-corrected chi connectivity index (χ1v) is 33.6. The maximum Gasteiger partial charge on any atom is 0.245 e. The van der Waals surface area contributed by atoms with Crippen LogP contribution in [0.4, 0.5) is 0 Å². The van der Waals surface area contributed by atoms with Gasteiger partial charge < -0.3 is 92.5 Å². The van der Waals surface area contributed by atoms with Crippen molar-refractivity contribution in [2.24, 2.45) is 51.0 Å². The molecule has 0 bridgehead atoms. The fourth-order valence-electron chi connectivity index (χ4n) is 11.0. The second kappa shape index (κ2) is 41.0. The monoisotopic (exact) mass is 1350 g/mol. The number of carbonyl (C=O) groups excluding carboxylic acids is 13. The van der Waals surface area contributed by atoms with Gasteiger partial charge in [-0.3, -0.25) is 67.3 Å². The molecule has 0 radical (unpaired) electrons. The zero-order valence-corrected chi connectivity index (χ0v) is 55.3. The molecule has 22 N–H and O–H groups in total. The number of thioether (sulfide) groups is 1. The third-order valence-electron chi connectivity index (χ3n) is 16.0. The number of nitrogens with two attached hydrogens (primary N) is 7. The summed E-state index contributed by atoms with van der Waals surface area (Å²) in [5.41, 5.74) is 40.6. The molecule has 2 saturated heterocycles. The minimum Gasteiger partial charge on any atom is -0.370 e. The summed E-state index contributed by atoms with van der Waals surface area (Å²) >= 11 is 1.45. The van der Waals surface area contributed by atoms with Crippen LogP contribution in [0.25, 0.3) is 0 Å². The molecule has 32 heteroatoms. The second-order valence-electron chi connectivity index (χ2n) is 24.1. The van der Waals surface area contributed by atoms with Gasteiger partial charge in [0, 0.05) is 45.3 Å². The van der Waals surface area contributed by atoms with Gasteiger partial charge in [0.05, 0.1) is 12.6 Å². The Labute approximate surface area is 558 Å². The number of hydrogen-bond donors (Lipinski definition) is 15. The van der Waals surface area contributed by atoms with Crippen LogP contribution in [-0.4, -0.2) is 198 Å². The lowest BCUT2D eigenvalue weighted by molar-refractivity contribution is -0.144. The summed E-state index contributed by atoms with van der Waals surface area (Å²) in [6.45, 7) is 3.86. The molecule has 0 saturated carbocycles. The topological polar surface area (TPSA) is 519 Å². The van der Waals surface area contributed by atoms with Gasteiger partial charge in [0.2, 0.25) is 76.8 Å². The molecule has 10 atom stereocenters. The van der Waals surface area contributed by atoms with Crippen LogP contribution in [0.5, 0.6) is 0 Å². The van der Waals surface area contributed by atoms with Gasteiger partial charge in [0.1, 0.15) is 54.4 Å². The summed E-state index contributed by atoms with van der Waals surface area (Å²) < 4.78 is 0. The standard InChI is InChI=1S/C63H98N18O13S/c1-37(2)33-45(57(89)74-41(53(68)85)27-32-95-3)73-52(84)36-72-54(86)46(34-38-15-6-4-7-16-38)78-58(90)47(35-39-17-8-5-9-18-39)79-56(88)42(23-25-50(66)82)75-55(87)43(24-26-51(67)83)76-59(91)49-22-14-31-81(49)62(94)44(20-10-11-28-64)77-60(92)48-21-13-30-80(48)61(93)40(65)19-12-29-71-63(69)70/h4-9,15-18,37,40-49H,10-14,19-36,64-65H2,1-3H3,(H2,66,82)(H2,67,83)(H2,68,85)(H,72,86)(H,73,84)(H,74,89)(H,75,87)(H,76,91)(H,77,92)(H,78,90)(H,79,88)(H4,69,70,71)/t40-,41-,42-,43+,44-,45-,46+,47+,48-,49-/m0/s1. The predicted molar refractivity (Wildman–Crippen MR) is 356 cm³/mol. The van der Waals surface area contributed by atoms with Crippen molar-refractivity contribution >= 4 is 94.5 Å². The van der Waals surface area contributed by atoms with Crippen LogP contribution >= 0.6 is 11.8 Å². The maximum absolute atomic E-state index is 14.7. The highest BCUT2D eigenvalue weighted by atomic mass is 32.2. The molecule has 0 spiro atoms. The molecule has 2 aliphatic heterocycles. The predicted octanol–water partition coefficient (Wildman–Crippen LogP) is -3.71. The SMILES string of the molecule is CSCC[C@H](NC(=O)[C@H](CC(C)C)NC(=O)CNC(=O)[C@@H](Cc1ccccc1)NC(=O)[C@@H](Cc1ccccc1)NC(=O)[C@H](CCC(N)=O)NC(=O)[C@@H](CCC(N)=O)NC(=O)[C@@H]1CCCN1C(=O)[C@H](CCCCN)NC(=O)[C@@H]1CCCN1C(=O)[C@@H](N)CCCN=C(N)N)C(N)=O. The molecule has 0 aliphatic carbocycles. The molecule has 31 nitrogen and oxygen atoms in total. The van der Waals surface area contributed by atoms with Crippen LogP contribution in [0.1, 0.15) is 121 Å². The summed E-state index contributed by atoms with van der Waals surface area (Å²) in [5.74, 6) is -9.80. The third-order valence-corrected chi connectivity index (χ3v) is 16.7. The van der Waals surface area contributed by atoms with E-state index in [0.29, 0.717) is 55.4 Å². The molecule has 524 valence electrons. The largest absolute Gasteiger partial charge is 0.370 e. The van der Waals surface area contributed by atoms with Crippen molar-refractivity contribution in [2.45, 2.75) is 183 Å². The van der Waals surface area contributed by atoms with Crippen molar-refractivity contribution in [3.05, 3.63) is 71.8 Å². The van der Waals surface area contributed by atoms with Crippen LogP contribution in [0.2, 0.25) is 0 Å². The number of amides is 13. The van der Waals surface area contributed by atoms with Crippen molar-refractivity contribution < 1.29 is 62.3 Å². The number of carbonyl (C=O) groups is 13. The van der Waals surface area contributed by atoms with Gasteiger partial charge in [-0.15, -0.1) is 0 Å². The van der Waals surface area contributed by atoms with E-state index in [1.165, 1.54) is 21.6 Å². The van der Waals surface area contributed by atoms with E-state index in [1.807, 2.05) is 20.1 Å². The van der Waals surface area contributed by atoms with E-state index in [-0.39, 0.29) is 83.0 Å². The number of guanidine groups is 1. The second-order valence-corrected chi connectivity index (χ2v) is 25.1. The molecule has 4 rings (SSSR count). The highest BCUT2D eigenvalue weighted by Crippen LogP contribution is 2.24. The first-order valence-electron chi connectivity index (χ1n) is 32.2. The van der Waals surface area contributed by atoms with Gasteiger partial charge in [-0.2, -0.15) is 11.8 Å². The average Bonchev–Trinajstić information content (AvgIpc) is 1.74. The first kappa shape index (κ1) is 78.5. The fourth-order valence-corrected chi connectivity index (χ4v) is 11.5. The first-order chi connectivity index (χ1) is 45.2. The summed E-state index contributed by atoms with van der Waals surface area (Å²) in [5, 5.41) is 21.1. The van der Waals surface area contributed by atoms with Crippen LogP contribution in [-0.2, 0) is 75.2 Å². The van der Waals surface area contributed by atoms with Crippen LogP contribution in [0.3, 0.4) is 0 Å². The van der Waals surface area contributed by atoms with Crippen molar-refractivity contribution in [1.82, 2.24) is 52.3 Å². The lowest BCUT2D eigenvalue weighted by atomic mass is 10.0. The van der Waals surface area contributed by atoms with Gasteiger partial charge in [0.15, 0.2) is 5.96 Å². The Balaban J connectivity index is 1.56. The van der Waals surface area contributed by atoms with Crippen molar-refractivity contribution in [3.63, 3.8) is 0 Å². The van der Waals surface area contributed by atoms with Crippen molar-refractivity contribution in [2.75, 3.05) is 44.7 Å². The molecule has 0 unspecified atom stereocenters. The Kier molecular flexibility index (Phi) is 33.9. The summed E-state index contributed by atoms with van der Waals surface area (Å²) in [4.78, 5) is 185. The smallest absolute Gasteiger partial charge is 0.245 e. The number of likely N-dealkylation sites (tertiary alicyclic amines) is 2. The lowest BCUT2D eigenvalue weighted by Gasteiger charge is -2.32. The molecular weight excluding hydrogens is 1250 g/mol. The normalized spacial score (nSPS) is 16.8. The van der Waals surface area contributed by atoms with E-state index in [2.05, 4.69) is 47.5 Å². The van der Waals surface area contributed by atoms with E-state index in [1.54, 1.807) is 60.7 Å². The number of hydrogen-bond acceptors (Lipinski definition) is 17. The Morgan fingerprint density at radius 2 is 1.01 bits per heavy atom. The zero-order chi connectivity index (χ0) is 70.1. The van der Waals surface area contributed by atoms with E-state index in [4.69, 9.17) is 40.1 Å². The molecule has 2 aliphatic rings. The number of unbranched alkanes of at least 4 members (excludes halogenated alkanes) is 1. The minimum absolute atomic E-state index is 0.0736. The zero-order valence-electron chi connectivity index (χ0n) is 54.5. The van der Waals surface area contributed by atoms with Crippen molar-refractivity contribution in [3.8, 4) is 0 Å². The van der Waals surface area contributed by atoms with Crippen molar-refractivity contribution in [1.29, 1.82) is 0 Å². The molecule has 2 heterocycles. The van der Waals surface area contributed by atoms with Crippen LogP contribution < -0.4 is 82.7 Å². The fraction of sp³-hybridized carbons (Fsp3) is 0.587. The van der Waals surface area contributed by atoms with Gasteiger partial charge in [-0.1, -0.05) is 74.5 Å². The molecule has 0 aromatic heterocycles. The minimum atomic E-state index is -1.64. The highest BCUT2D eigenvalue weighted by Gasteiger charge is 2.42. The quantitative estimate of drug-likeness (QED) is 0.0173. The maximum atomic E-state index is 14.7. The van der Waals surface area contributed by atoms with E-state index >= 15 is 0 Å². The van der Waals surface area contributed by atoms with Gasteiger partial charge >= 0.3 is 0 Å². The summed E-state index contributed by atoms with van der Waals surface area (Å²) in [6.07, 6.45) is 3.12. The molecule has 2 aromatic carbocycles. The van der Waals surface area contributed by atoms with Gasteiger partial charge in [0.25, 0.3) is 0 Å². The highest BCUT2D eigenvalue weighted by molar-refractivity contribution is 7.98. The molecular formula is C63H98N18O13S.